The average molecular weight is 357 g/mol. The number of amides is 2. The van der Waals surface area contributed by atoms with Gasteiger partial charge in [0, 0.05) is 18.9 Å². The number of rotatable bonds is 5. The molecular formula is C18H23N5O3. The molecule has 3 rings (SSSR count). The molecule has 3 N–H and O–H groups in total. The quantitative estimate of drug-likeness (QED) is 0.757. The van der Waals surface area contributed by atoms with Crippen molar-refractivity contribution in [3.8, 4) is 0 Å². The van der Waals surface area contributed by atoms with Gasteiger partial charge in [0.2, 0.25) is 0 Å². The Hall–Kier alpha value is -2.90. The van der Waals surface area contributed by atoms with Gasteiger partial charge in [-0.15, -0.1) is 0 Å². The summed E-state index contributed by atoms with van der Waals surface area (Å²) in [6.07, 6.45) is 1.62. The standard InChI is InChI=1S/C18H23N5O3/c1-11(2)16-21-15-8-7-14(10-23(15)22-16)20-18(26)19-9-12-3-5-13(6-4-12)17(24)25/h3-6,11,14H,7-10H2,1-2H3,(H,24,25)(H2,19,20,26). The number of aromatic nitrogens is 3. The number of hydrogen-bond acceptors (Lipinski definition) is 4. The van der Waals surface area contributed by atoms with E-state index in [0.717, 1.165) is 30.1 Å². The molecule has 1 aliphatic rings. The van der Waals surface area contributed by atoms with Crippen LogP contribution in [-0.4, -0.2) is 37.9 Å². The van der Waals surface area contributed by atoms with Crippen molar-refractivity contribution in [2.75, 3.05) is 0 Å². The van der Waals surface area contributed by atoms with Crippen LogP contribution in [0.15, 0.2) is 24.3 Å². The Morgan fingerprint density at radius 1 is 1.31 bits per heavy atom. The smallest absolute Gasteiger partial charge is 0.335 e. The first kappa shape index (κ1) is 17.9. The average Bonchev–Trinajstić information content (AvgIpc) is 3.04. The number of aryl methyl sites for hydroxylation is 1. The molecule has 1 unspecified atom stereocenters. The van der Waals surface area contributed by atoms with E-state index in [0.29, 0.717) is 13.1 Å². The topological polar surface area (TPSA) is 109 Å². The van der Waals surface area contributed by atoms with E-state index in [2.05, 4.69) is 34.6 Å². The van der Waals surface area contributed by atoms with Crippen LogP contribution in [0.2, 0.25) is 0 Å². The fourth-order valence-electron chi connectivity index (χ4n) is 2.87. The van der Waals surface area contributed by atoms with E-state index in [-0.39, 0.29) is 23.6 Å². The Bertz CT molecular complexity index is 798. The summed E-state index contributed by atoms with van der Waals surface area (Å²) in [4.78, 5) is 27.5. The fourth-order valence-corrected chi connectivity index (χ4v) is 2.87. The molecule has 2 amide bonds. The van der Waals surface area contributed by atoms with Crippen LogP contribution in [0.4, 0.5) is 4.79 Å². The molecule has 138 valence electrons. The third kappa shape index (κ3) is 4.19. The van der Waals surface area contributed by atoms with E-state index in [9.17, 15) is 9.59 Å². The molecule has 1 aromatic carbocycles. The molecule has 2 aromatic rings. The lowest BCUT2D eigenvalue weighted by atomic mass is 10.1. The summed E-state index contributed by atoms with van der Waals surface area (Å²) < 4.78 is 1.88. The number of benzene rings is 1. The molecule has 0 radical (unpaired) electrons. The van der Waals surface area contributed by atoms with Crippen LogP contribution in [0.5, 0.6) is 0 Å². The number of fused-ring (bicyclic) bond motifs is 1. The van der Waals surface area contributed by atoms with E-state index < -0.39 is 5.97 Å². The lowest BCUT2D eigenvalue weighted by molar-refractivity contribution is 0.0697. The molecule has 0 aliphatic carbocycles. The van der Waals surface area contributed by atoms with Crippen molar-refractivity contribution in [3.63, 3.8) is 0 Å². The van der Waals surface area contributed by atoms with Gasteiger partial charge in [0.25, 0.3) is 0 Å². The van der Waals surface area contributed by atoms with Crippen LogP contribution in [0, 0.1) is 0 Å². The van der Waals surface area contributed by atoms with Crippen molar-refractivity contribution < 1.29 is 14.7 Å². The largest absolute Gasteiger partial charge is 0.478 e. The van der Waals surface area contributed by atoms with Crippen LogP contribution >= 0.6 is 0 Å². The first-order chi connectivity index (χ1) is 12.4. The maximum atomic E-state index is 12.1. The predicted octanol–water partition coefficient (Wildman–Crippen LogP) is 1.91. The molecule has 26 heavy (non-hydrogen) atoms. The van der Waals surface area contributed by atoms with Crippen LogP contribution < -0.4 is 10.6 Å². The molecular weight excluding hydrogens is 334 g/mol. The second-order valence-electron chi connectivity index (χ2n) is 6.79. The number of nitrogens with zero attached hydrogens (tertiary/aromatic N) is 3. The summed E-state index contributed by atoms with van der Waals surface area (Å²) in [6.45, 7) is 5.08. The molecule has 0 saturated carbocycles. The van der Waals surface area contributed by atoms with Gasteiger partial charge in [-0.2, -0.15) is 5.10 Å². The minimum atomic E-state index is -0.965. The summed E-state index contributed by atoms with van der Waals surface area (Å²) in [7, 11) is 0. The Kier molecular flexibility index (Phi) is 5.20. The number of urea groups is 1. The monoisotopic (exact) mass is 357 g/mol. The van der Waals surface area contributed by atoms with Gasteiger partial charge in [-0.3, -0.25) is 0 Å². The van der Waals surface area contributed by atoms with E-state index in [1.807, 2.05) is 4.68 Å². The zero-order valence-electron chi connectivity index (χ0n) is 14.9. The number of nitrogens with one attached hydrogen (secondary N) is 2. The van der Waals surface area contributed by atoms with Gasteiger partial charge in [-0.1, -0.05) is 26.0 Å². The lowest BCUT2D eigenvalue weighted by Gasteiger charge is -2.23. The molecule has 1 aliphatic heterocycles. The summed E-state index contributed by atoms with van der Waals surface area (Å²) in [6, 6.07) is 6.20. The maximum absolute atomic E-state index is 12.1. The SMILES string of the molecule is CC(C)c1nc2n(n1)CC(NC(=O)NCc1ccc(C(=O)O)cc1)CC2. The van der Waals surface area contributed by atoms with Gasteiger partial charge in [0.05, 0.1) is 18.2 Å². The second-order valence-corrected chi connectivity index (χ2v) is 6.79. The van der Waals surface area contributed by atoms with Crippen molar-refractivity contribution >= 4 is 12.0 Å². The third-order valence-electron chi connectivity index (χ3n) is 4.38. The minimum Gasteiger partial charge on any atom is -0.478 e. The van der Waals surface area contributed by atoms with E-state index in [1.54, 1.807) is 12.1 Å². The van der Waals surface area contributed by atoms with Crippen LogP contribution in [0.1, 0.15) is 53.8 Å². The van der Waals surface area contributed by atoms with Crippen LogP contribution in [0.25, 0.3) is 0 Å². The Labute approximate surface area is 151 Å². The summed E-state index contributed by atoms with van der Waals surface area (Å²) in [5.41, 5.74) is 1.07. The van der Waals surface area contributed by atoms with E-state index in [4.69, 9.17) is 5.11 Å². The Balaban J connectivity index is 1.50. The highest BCUT2D eigenvalue weighted by Gasteiger charge is 2.23. The summed E-state index contributed by atoms with van der Waals surface area (Å²) in [5.74, 6) is 1.14. The summed E-state index contributed by atoms with van der Waals surface area (Å²) >= 11 is 0. The molecule has 1 atom stereocenters. The van der Waals surface area contributed by atoms with Crippen molar-refractivity contribution in [1.82, 2.24) is 25.4 Å². The van der Waals surface area contributed by atoms with Crippen molar-refractivity contribution in [2.45, 2.75) is 51.7 Å². The molecule has 0 fully saturated rings. The number of hydrogen-bond donors (Lipinski definition) is 3. The number of carbonyl (C=O) groups is 2. The van der Waals surface area contributed by atoms with Crippen molar-refractivity contribution in [1.29, 1.82) is 0 Å². The molecule has 0 bridgehead atoms. The van der Waals surface area contributed by atoms with Crippen LogP contribution in [0.3, 0.4) is 0 Å². The first-order valence-electron chi connectivity index (χ1n) is 8.72. The van der Waals surface area contributed by atoms with Gasteiger partial charge >= 0.3 is 12.0 Å². The number of carboxylic acids is 1. The van der Waals surface area contributed by atoms with Gasteiger partial charge in [0.1, 0.15) is 5.82 Å². The van der Waals surface area contributed by atoms with E-state index in [1.165, 1.54) is 12.1 Å². The molecule has 8 heteroatoms. The fraction of sp³-hybridized carbons (Fsp3) is 0.444. The van der Waals surface area contributed by atoms with E-state index >= 15 is 0 Å². The number of carboxylic acid groups (broad SMARTS) is 1. The minimum absolute atomic E-state index is 0.0126. The van der Waals surface area contributed by atoms with Gasteiger partial charge in [-0.25, -0.2) is 19.3 Å². The van der Waals surface area contributed by atoms with Crippen LogP contribution in [-0.2, 0) is 19.5 Å². The molecule has 2 heterocycles. The molecule has 1 aromatic heterocycles. The molecule has 8 nitrogen and oxygen atoms in total. The predicted molar refractivity (Wildman–Crippen MR) is 95.0 cm³/mol. The number of carbonyl (C=O) groups excluding carboxylic acids is 1. The highest BCUT2D eigenvalue weighted by atomic mass is 16.4. The van der Waals surface area contributed by atoms with Crippen molar-refractivity contribution in [3.05, 3.63) is 47.0 Å². The van der Waals surface area contributed by atoms with Gasteiger partial charge in [-0.05, 0) is 24.1 Å². The zero-order valence-corrected chi connectivity index (χ0v) is 14.9. The molecule has 0 spiro atoms. The third-order valence-corrected chi connectivity index (χ3v) is 4.38. The lowest BCUT2D eigenvalue weighted by Crippen LogP contribution is -2.45. The summed E-state index contributed by atoms with van der Waals surface area (Å²) in [5, 5.41) is 19.2. The Morgan fingerprint density at radius 3 is 2.69 bits per heavy atom. The normalized spacial score (nSPS) is 16.2. The number of aromatic carboxylic acids is 1. The molecule has 0 saturated heterocycles. The maximum Gasteiger partial charge on any atom is 0.335 e. The van der Waals surface area contributed by atoms with Crippen molar-refractivity contribution in [2.24, 2.45) is 0 Å². The highest BCUT2D eigenvalue weighted by molar-refractivity contribution is 5.87. The highest BCUT2D eigenvalue weighted by Crippen LogP contribution is 2.16. The first-order valence-corrected chi connectivity index (χ1v) is 8.72. The second kappa shape index (κ2) is 7.55. The Morgan fingerprint density at radius 2 is 2.04 bits per heavy atom. The van der Waals surface area contributed by atoms with Gasteiger partial charge < -0.3 is 15.7 Å². The van der Waals surface area contributed by atoms with Gasteiger partial charge in [0.15, 0.2) is 5.82 Å². The zero-order chi connectivity index (χ0) is 18.7.